The number of para-hydroxylation sites is 3. The number of likely N-dealkylation sites (tertiary alicyclic amines) is 3. The Balaban J connectivity index is 0.000000137. The smallest absolute Gasteiger partial charge is 0.290 e. The molecule has 9 N–H and O–H groups in total. The zero-order valence-corrected chi connectivity index (χ0v) is 55.3. The van der Waals surface area contributed by atoms with Crippen molar-refractivity contribution < 1.29 is 28.6 Å². The van der Waals surface area contributed by atoms with Crippen molar-refractivity contribution in [3.05, 3.63) is 227 Å². The molecule has 28 nitrogen and oxygen atoms in total. The Hall–Kier alpha value is -13.3. The van der Waals surface area contributed by atoms with E-state index in [4.69, 9.17) is 46.7 Å². The molecule has 5 aromatic carbocycles. The average molecular weight is 1370 g/mol. The van der Waals surface area contributed by atoms with E-state index in [0.717, 1.165) is 61.2 Å². The van der Waals surface area contributed by atoms with Crippen LogP contribution < -0.4 is 48.1 Å². The molecule has 0 aliphatic carbocycles. The van der Waals surface area contributed by atoms with Crippen LogP contribution in [0.5, 0.6) is 34.6 Å². The first kappa shape index (κ1) is 67.3. The average Bonchev–Trinajstić information content (AvgIpc) is 1.62. The highest BCUT2D eigenvalue weighted by atomic mass is 16.5. The Morgan fingerprint density at radius 2 is 0.716 bits per heavy atom. The van der Waals surface area contributed by atoms with Crippen molar-refractivity contribution in [2.75, 3.05) is 56.5 Å². The zero-order valence-electron chi connectivity index (χ0n) is 55.3. The Labute approximate surface area is 581 Å². The summed E-state index contributed by atoms with van der Waals surface area (Å²) < 4.78 is 22.6. The predicted molar refractivity (Wildman–Crippen MR) is 386 cm³/mol. The molecule has 516 valence electrons. The number of aromatic nitrogens is 13. The third-order valence-corrected chi connectivity index (χ3v) is 17.9. The number of piperidine rings is 3. The molecule has 3 saturated heterocycles. The van der Waals surface area contributed by atoms with Gasteiger partial charge in [-0.1, -0.05) is 74.3 Å². The molecule has 3 fully saturated rings. The molecule has 10 heterocycles. The van der Waals surface area contributed by atoms with Crippen LogP contribution in [0, 0.1) is 0 Å². The number of hydrogen-bond acceptors (Lipinski definition) is 19. The van der Waals surface area contributed by atoms with Gasteiger partial charge in [-0.3, -0.25) is 42.8 Å². The molecule has 0 spiro atoms. The summed E-state index contributed by atoms with van der Waals surface area (Å²) in [4.78, 5) is 84.5. The maximum Gasteiger partial charge on any atom is 0.290 e. The SMILES string of the molecule is C=CC(=O)N1CCC[C@@H](n2nc(-c3ccc(Oc4ccccc4)cc3)c3c(N)n[nH]c(=O)c32)C1.C=CC(=O)N1CCC[C@@H](n2nc(-c3ccc(Oc4ccccc4)cc3)c3c(N)n[nH]c(=O)c32)C1.C=CC(=O)N1CCC[C@@H](n2nc(-c3ccc(Oc4ccccc4)nc3)c3c(N)n[nH]c(=O)c32)C1. The quantitative estimate of drug-likeness (QED) is 0.0520. The molecule has 0 unspecified atom stereocenters. The topological polar surface area (TPSA) is 370 Å². The molecule has 28 heteroatoms. The lowest BCUT2D eigenvalue weighted by Crippen LogP contribution is -2.40. The minimum atomic E-state index is -0.396. The number of anilines is 3. The van der Waals surface area contributed by atoms with Crippen LogP contribution in [0.2, 0.25) is 0 Å². The first-order chi connectivity index (χ1) is 49.6. The molecule has 3 aliphatic rings. The first-order valence-electron chi connectivity index (χ1n) is 33.0. The number of aromatic amines is 3. The number of fused-ring (bicyclic) bond motifs is 3. The van der Waals surface area contributed by atoms with Crippen molar-refractivity contribution in [3.63, 3.8) is 0 Å². The Kier molecular flexibility index (Phi) is 19.7. The summed E-state index contributed by atoms with van der Waals surface area (Å²) in [5.41, 5.74) is 22.3. The highest BCUT2D eigenvalue weighted by Gasteiger charge is 2.33. The fourth-order valence-corrected chi connectivity index (χ4v) is 13.0. The van der Waals surface area contributed by atoms with Crippen LogP contribution in [-0.2, 0) is 14.4 Å². The van der Waals surface area contributed by atoms with Gasteiger partial charge in [0, 0.05) is 68.2 Å². The van der Waals surface area contributed by atoms with Gasteiger partial charge in [0.05, 0.1) is 34.3 Å². The number of rotatable bonds is 15. The third kappa shape index (κ3) is 14.2. The number of pyridine rings is 1. The van der Waals surface area contributed by atoms with Crippen molar-refractivity contribution in [1.82, 2.24) is 79.6 Å². The van der Waals surface area contributed by atoms with Crippen LogP contribution in [0.4, 0.5) is 17.5 Å². The van der Waals surface area contributed by atoms with Gasteiger partial charge in [0.1, 0.15) is 62.4 Å². The summed E-state index contributed by atoms with van der Waals surface area (Å²) in [5, 5.41) is 35.1. The molecule has 0 radical (unpaired) electrons. The minimum absolute atomic E-state index is 0.134. The Bertz CT molecular complexity index is 4750. The molecule has 0 bridgehead atoms. The van der Waals surface area contributed by atoms with E-state index in [0.29, 0.717) is 118 Å². The summed E-state index contributed by atoms with van der Waals surface area (Å²) in [7, 11) is 0. The molecule has 3 amide bonds. The number of benzene rings is 5. The number of nitrogens with zero attached hydrogens (tertiary/aromatic N) is 13. The van der Waals surface area contributed by atoms with Crippen molar-refractivity contribution >= 4 is 67.9 Å². The van der Waals surface area contributed by atoms with Gasteiger partial charge in [-0.2, -0.15) is 30.6 Å². The van der Waals surface area contributed by atoms with Gasteiger partial charge in [-0.15, -0.1) is 0 Å². The number of nitrogen functional groups attached to an aromatic ring is 3. The fourth-order valence-electron chi connectivity index (χ4n) is 13.0. The number of carbonyl (C=O) groups is 3. The van der Waals surface area contributed by atoms with Crippen LogP contribution >= 0.6 is 0 Å². The molecule has 12 aromatic rings. The van der Waals surface area contributed by atoms with E-state index in [-0.39, 0.29) is 64.4 Å². The van der Waals surface area contributed by atoms with Crippen molar-refractivity contribution in [3.8, 4) is 68.4 Å². The third-order valence-electron chi connectivity index (χ3n) is 17.9. The number of nitrogens with two attached hydrogens (primary N) is 3. The summed E-state index contributed by atoms with van der Waals surface area (Å²) in [6.45, 7) is 14.0. The number of carbonyl (C=O) groups excluding carboxylic acids is 3. The van der Waals surface area contributed by atoms with Crippen molar-refractivity contribution in [1.29, 1.82) is 0 Å². The largest absolute Gasteiger partial charge is 0.457 e. The molecule has 0 saturated carbocycles. The number of ether oxygens (including phenoxy) is 3. The predicted octanol–water partition coefficient (Wildman–Crippen LogP) is 9.93. The van der Waals surface area contributed by atoms with E-state index in [1.165, 1.54) is 18.2 Å². The number of amides is 3. The maximum absolute atomic E-state index is 12.8. The van der Waals surface area contributed by atoms with E-state index in [9.17, 15) is 28.8 Å². The zero-order chi connectivity index (χ0) is 71.0. The summed E-state index contributed by atoms with van der Waals surface area (Å²) in [6, 6.07) is 46.2. The lowest BCUT2D eigenvalue weighted by Gasteiger charge is -2.32. The monoisotopic (exact) mass is 1370 g/mol. The highest BCUT2D eigenvalue weighted by molar-refractivity contribution is 6.02. The van der Waals surface area contributed by atoms with Gasteiger partial charge >= 0.3 is 0 Å². The molecule has 102 heavy (non-hydrogen) atoms. The van der Waals surface area contributed by atoms with Crippen LogP contribution in [0.25, 0.3) is 66.5 Å². The van der Waals surface area contributed by atoms with E-state index in [1.807, 2.05) is 146 Å². The highest BCUT2D eigenvalue weighted by Crippen LogP contribution is 2.38. The van der Waals surface area contributed by atoms with E-state index < -0.39 is 5.56 Å². The van der Waals surface area contributed by atoms with E-state index in [1.54, 1.807) is 41.0 Å². The van der Waals surface area contributed by atoms with Crippen LogP contribution in [0.15, 0.2) is 210 Å². The van der Waals surface area contributed by atoms with Gasteiger partial charge < -0.3 is 46.1 Å². The normalized spacial score (nSPS) is 15.9. The van der Waals surface area contributed by atoms with Gasteiger partial charge in [0.25, 0.3) is 16.7 Å². The summed E-state index contributed by atoms with van der Waals surface area (Å²) in [6.07, 6.45) is 10.2. The lowest BCUT2D eigenvalue weighted by molar-refractivity contribution is -0.128. The number of hydrogen-bond donors (Lipinski definition) is 6. The fraction of sp³-hybridized carbons (Fsp3) is 0.203. The van der Waals surface area contributed by atoms with Crippen molar-refractivity contribution in [2.24, 2.45) is 0 Å². The summed E-state index contributed by atoms with van der Waals surface area (Å²) >= 11 is 0. The molecular formula is C74H71N19O9. The second-order valence-corrected chi connectivity index (χ2v) is 24.4. The Morgan fingerprint density at radius 1 is 0.412 bits per heavy atom. The van der Waals surface area contributed by atoms with Gasteiger partial charge in [-0.05, 0) is 148 Å². The van der Waals surface area contributed by atoms with E-state index >= 15 is 0 Å². The van der Waals surface area contributed by atoms with Crippen LogP contribution in [0.3, 0.4) is 0 Å². The number of H-pyrrole nitrogens is 3. The van der Waals surface area contributed by atoms with Crippen molar-refractivity contribution in [2.45, 2.75) is 56.7 Å². The lowest BCUT2D eigenvalue weighted by atomic mass is 10.1. The molecule has 3 aliphatic heterocycles. The maximum atomic E-state index is 12.8. The molecular weight excluding hydrogens is 1300 g/mol. The van der Waals surface area contributed by atoms with Gasteiger partial charge in [-0.25, -0.2) is 20.3 Å². The van der Waals surface area contributed by atoms with Gasteiger partial charge in [0.2, 0.25) is 23.6 Å². The molecule has 3 atom stereocenters. The Morgan fingerprint density at radius 3 is 1.03 bits per heavy atom. The minimum Gasteiger partial charge on any atom is -0.457 e. The second-order valence-electron chi connectivity index (χ2n) is 24.4. The first-order valence-corrected chi connectivity index (χ1v) is 33.0. The van der Waals surface area contributed by atoms with Crippen LogP contribution in [-0.4, -0.2) is 137 Å². The van der Waals surface area contributed by atoms with E-state index in [2.05, 4.69) is 55.3 Å². The van der Waals surface area contributed by atoms with Gasteiger partial charge in [0.15, 0.2) is 17.5 Å². The number of nitrogens with one attached hydrogen (secondary N) is 3. The summed E-state index contributed by atoms with van der Waals surface area (Å²) in [5.74, 6) is 4.05. The molecule has 15 rings (SSSR count). The van der Waals surface area contributed by atoms with Crippen LogP contribution in [0.1, 0.15) is 56.7 Å². The standard InChI is InChI=1S/2C25H24N6O3.C24H23N7O3/c2*1-2-20(32)30-14-6-7-17(15-30)31-23-21(24(26)27-28-25(23)33)22(29-31)16-10-12-19(13-11-16)34-18-8-4-3-5-9-18;1-2-19(32)30-12-6-7-16(14-30)31-22-20(23(25)27-28-24(22)33)21(29-31)15-10-11-18(26-13-15)34-17-8-4-3-5-9-17/h2*2-5,8-13,17H,1,6-7,14-15H2,(H2,26,27)(H,28,33);2-5,8-11,13,16H,1,6-7,12,14H2,(H2,25,27)(H,28,33)/t2*17-;16-/m111/s1. The second kappa shape index (κ2) is 29.8. The molecule has 7 aromatic heterocycles.